The molecular formula is C41H34IN3O8. The minimum atomic E-state index is -1.49. The van der Waals surface area contributed by atoms with E-state index in [0.29, 0.717) is 20.4 Å². The predicted molar refractivity (Wildman–Crippen MR) is 202 cm³/mol. The van der Waals surface area contributed by atoms with Gasteiger partial charge in [0.1, 0.15) is 0 Å². The molecule has 12 heteroatoms. The smallest absolute Gasteiger partial charge is 0.335 e. The molecule has 4 aromatic rings. The molecule has 2 heterocycles. The molecule has 268 valence electrons. The first kappa shape index (κ1) is 34.6. The number of halogens is 1. The van der Waals surface area contributed by atoms with Crippen molar-refractivity contribution in [3.05, 3.63) is 128 Å². The number of allylic oxidation sites excluding steroid dienone is 2. The molecule has 4 amide bonds. The molecule has 2 saturated heterocycles. The summed E-state index contributed by atoms with van der Waals surface area (Å²) in [5.74, 6) is -6.94. The number of carbonyl (C=O) groups is 5. The van der Waals surface area contributed by atoms with Crippen LogP contribution in [0, 0.1) is 34.2 Å². The number of rotatable bonds is 7. The standard InChI is InChI=1S/C41H34IN3O8/c1-21-11-13-25(14-12-21)43-45-37(48)30-20-29-27(15-16-28-33(29)38(49)44(36(28)47)26-10-6-7-22(17-26)39(50)51)34(23-18-31(42)35(46)32(19-23)53-2)41(30,40(45)52)24-8-4-3-5-9-24/h3-15,17-19,28-30,33-34,43,46H,16,20H2,1-2H3,(H,50,51). The van der Waals surface area contributed by atoms with E-state index < -0.39 is 64.6 Å². The third kappa shape index (κ3) is 5.17. The molecule has 0 spiro atoms. The molecule has 4 aromatic carbocycles. The number of anilines is 2. The number of aryl methyl sites for hydroxylation is 1. The third-order valence-corrected chi connectivity index (χ3v) is 12.2. The monoisotopic (exact) mass is 823 g/mol. The lowest BCUT2D eigenvalue weighted by atomic mass is 9.49. The molecule has 11 nitrogen and oxygen atoms in total. The Hall–Kier alpha value is -5.50. The van der Waals surface area contributed by atoms with Crippen LogP contribution in [0.5, 0.6) is 11.5 Å². The van der Waals surface area contributed by atoms with Gasteiger partial charge in [-0.15, -0.1) is 0 Å². The van der Waals surface area contributed by atoms with Crippen LogP contribution in [0.25, 0.3) is 0 Å². The number of phenolic OH excluding ortho intramolecular Hbond substituents is 1. The summed E-state index contributed by atoms with van der Waals surface area (Å²) in [5.41, 5.74) is 5.23. The highest BCUT2D eigenvalue weighted by atomic mass is 127. The third-order valence-electron chi connectivity index (χ3n) is 11.3. The van der Waals surface area contributed by atoms with Gasteiger partial charge in [0.2, 0.25) is 11.8 Å². The number of hydrogen-bond donors (Lipinski definition) is 3. The van der Waals surface area contributed by atoms with Crippen molar-refractivity contribution in [1.82, 2.24) is 5.01 Å². The van der Waals surface area contributed by atoms with Gasteiger partial charge < -0.3 is 14.9 Å². The number of phenols is 1. The van der Waals surface area contributed by atoms with Crippen molar-refractivity contribution in [2.75, 3.05) is 17.4 Å². The van der Waals surface area contributed by atoms with Crippen LogP contribution in [0.4, 0.5) is 11.4 Å². The highest BCUT2D eigenvalue weighted by Crippen LogP contribution is 2.64. The van der Waals surface area contributed by atoms with Gasteiger partial charge in [-0.25, -0.2) is 4.79 Å². The predicted octanol–water partition coefficient (Wildman–Crippen LogP) is 6.20. The summed E-state index contributed by atoms with van der Waals surface area (Å²) in [7, 11) is 1.44. The molecule has 6 atom stereocenters. The number of carboxylic acids is 1. The Labute approximate surface area is 318 Å². The van der Waals surface area contributed by atoms with E-state index in [1.165, 1.54) is 31.4 Å². The normalized spacial score (nSPS) is 26.2. The Kier molecular flexibility index (Phi) is 8.39. The lowest BCUT2D eigenvalue weighted by Gasteiger charge is -2.50. The summed E-state index contributed by atoms with van der Waals surface area (Å²) in [5, 5.41) is 21.6. The van der Waals surface area contributed by atoms with Crippen molar-refractivity contribution in [3.8, 4) is 11.5 Å². The molecule has 1 saturated carbocycles. The van der Waals surface area contributed by atoms with Gasteiger partial charge in [0.15, 0.2) is 11.5 Å². The van der Waals surface area contributed by atoms with Crippen LogP contribution in [0.15, 0.2) is 103 Å². The molecule has 53 heavy (non-hydrogen) atoms. The summed E-state index contributed by atoms with van der Waals surface area (Å²) < 4.78 is 6.06. The number of carbonyl (C=O) groups excluding carboxylic acids is 4. The van der Waals surface area contributed by atoms with Crippen molar-refractivity contribution in [3.63, 3.8) is 0 Å². The summed E-state index contributed by atoms with van der Waals surface area (Å²) in [6, 6.07) is 25.7. The SMILES string of the molecule is COc1cc(C2C3=CCC4C(=O)N(c5cccc(C(=O)O)c5)C(=O)C4C3CC3C(=O)N(Nc4ccc(C)cc4)C(=O)C32c2ccccc2)cc(I)c1O. The molecule has 0 aromatic heterocycles. The number of imide groups is 2. The topological polar surface area (TPSA) is 154 Å². The number of hydrogen-bond acceptors (Lipinski definition) is 8. The zero-order valence-corrected chi connectivity index (χ0v) is 30.8. The Bertz CT molecular complexity index is 2260. The number of benzene rings is 4. The molecule has 3 fully saturated rings. The highest BCUT2D eigenvalue weighted by Gasteiger charge is 2.70. The molecule has 3 N–H and O–H groups in total. The van der Waals surface area contributed by atoms with Gasteiger partial charge in [-0.2, -0.15) is 5.01 Å². The van der Waals surface area contributed by atoms with Crippen molar-refractivity contribution in [2.24, 2.45) is 23.7 Å². The van der Waals surface area contributed by atoms with Crippen LogP contribution in [0.2, 0.25) is 0 Å². The van der Waals surface area contributed by atoms with Crippen molar-refractivity contribution >= 4 is 63.6 Å². The second kappa shape index (κ2) is 12.9. The highest BCUT2D eigenvalue weighted by molar-refractivity contribution is 14.1. The van der Waals surface area contributed by atoms with Crippen LogP contribution in [0.3, 0.4) is 0 Å². The first-order valence-electron chi connectivity index (χ1n) is 17.2. The fourth-order valence-electron chi connectivity index (χ4n) is 9.07. The van der Waals surface area contributed by atoms with Crippen LogP contribution in [-0.2, 0) is 24.6 Å². The molecule has 2 aliphatic heterocycles. The summed E-state index contributed by atoms with van der Waals surface area (Å²) >= 11 is 2.01. The van der Waals surface area contributed by atoms with E-state index in [2.05, 4.69) is 5.43 Å². The van der Waals surface area contributed by atoms with E-state index in [9.17, 15) is 29.4 Å². The molecule has 4 aliphatic rings. The lowest BCUT2D eigenvalue weighted by Crippen LogP contribution is -2.53. The molecule has 0 radical (unpaired) electrons. The Morgan fingerprint density at radius 3 is 2.34 bits per heavy atom. The van der Waals surface area contributed by atoms with Gasteiger partial charge in [0.25, 0.3) is 11.8 Å². The second-order valence-corrected chi connectivity index (χ2v) is 15.2. The van der Waals surface area contributed by atoms with Crippen molar-refractivity contribution < 1.29 is 38.9 Å². The van der Waals surface area contributed by atoms with E-state index in [4.69, 9.17) is 4.74 Å². The van der Waals surface area contributed by atoms with E-state index in [0.717, 1.165) is 21.0 Å². The largest absolute Gasteiger partial charge is 0.504 e. The van der Waals surface area contributed by atoms with E-state index in [-0.39, 0.29) is 35.6 Å². The van der Waals surface area contributed by atoms with Gasteiger partial charge in [-0.1, -0.05) is 65.7 Å². The average Bonchev–Trinajstić information content (AvgIpc) is 3.54. The molecule has 8 rings (SSSR count). The molecule has 6 unspecified atom stereocenters. The van der Waals surface area contributed by atoms with Gasteiger partial charge >= 0.3 is 5.97 Å². The lowest BCUT2D eigenvalue weighted by molar-refractivity contribution is -0.138. The summed E-state index contributed by atoms with van der Waals surface area (Å²) in [6.45, 7) is 1.94. The molecule has 2 aliphatic carbocycles. The maximum absolute atomic E-state index is 15.3. The fraction of sp³-hybridized carbons (Fsp3) is 0.244. The van der Waals surface area contributed by atoms with E-state index in [1.54, 1.807) is 24.3 Å². The first-order chi connectivity index (χ1) is 25.5. The van der Waals surface area contributed by atoms with Gasteiger partial charge in [-0.05, 0) is 102 Å². The van der Waals surface area contributed by atoms with E-state index in [1.807, 2.05) is 78.1 Å². The number of fused-ring (bicyclic) bond motifs is 4. The maximum atomic E-state index is 15.3. The number of ether oxygens (including phenoxy) is 1. The second-order valence-electron chi connectivity index (χ2n) is 14.0. The zero-order chi connectivity index (χ0) is 37.3. The Morgan fingerprint density at radius 1 is 0.906 bits per heavy atom. The maximum Gasteiger partial charge on any atom is 0.335 e. The fourth-order valence-corrected chi connectivity index (χ4v) is 9.70. The zero-order valence-electron chi connectivity index (χ0n) is 28.7. The van der Waals surface area contributed by atoms with Gasteiger partial charge in [0.05, 0.1) is 50.8 Å². The van der Waals surface area contributed by atoms with Crippen LogP contribution in [0.1, 0.15) is 45.8 Å². The summed E-state index contributed by atoms with van der Waals surface area (Å²) in [4.78, 5) is 71.7. The number of amides is 4. The van der Waals surface area contributed by atoms with Crippen molar-refractivity contribution in [1.29, 1.82) is 0 Å². The number of hydrazine groups is 1. The Balaban J connectivity index is 1.33. The molecular weight excluding hydrogens is 789 g/mol. The van der Waals surface area contributed by atoms with Crippen molar-refractivity contribution in [2.45, 2.75) is 31.1 Å². The van der Waals surface area contributed by atoms with Crippen LogP contribution >= 0.6 is 22.6 Å². The first-order valence-corrected chi connectivity index (χ1v) is 18.3. The molecule has 0 bridgehead atoms. The quantitative estimate of drug-likeness (QED) is 0.112. The number of nitrogens with one attached hydrogen (secondary N) is 1. The minimum absolute atomic E-state index is 0.0609. The number of aromatic hydroxyl groups is 1. The van der Waals surface area contributed by atoms with Gasteiger partial charge in [-0.3, -0.25) is 29.5 Å². The van der Waals surface area contributed by atoms with E-state index >= 15 is 4.79 Å². The van der Waals surface area contributed by atoms with Gasteiger partial charge in [0, 0.05) is 5.92 Å². The van der Waals surface area contributed by atoms with Crippen LogP contribution < -0.4 is 15.1 Å². The number of nitrogens with zero attached hydrogens (tertiary/aromatic N) is 2. The Morgan fingerprint density at radius 2 is 1.64 bits per heavy atom. The summed E-state index contributed by atoms with van der Waals surface area (Å²) in [6.07, 6.45) is 2.24. The number of aromatic carboxylic acids is 1. The number of methoxy groups -OCH3 is 1. The minimum Gasteiger partial charge on any atom is -0.504 e. The number of carboxylic acid groups (broad SMARTS) is 1. The van der Waals surface area contributed by atoms with Crippen LogP contribution in [-0.4, -0.2) is 51.9 Å². The average molecular weight is 824 g/mol.